The number of allylic oxidation sites excluding steroid dienone is 2. The molecule has 39 heavy (non-hydrogen) atoms. The molecule has 1 N–H and O–H groups in total. The molecule has 2 aliphatic rings. The molecule has 0 radical (unpaired) electrons. The molecular formula is C31H31N5O3. The van der Waals surface area contributed by atoms with Crippen molar-refractivity contribution >= 4 is 17.4 Å². The van der Waals surface area contributed by atoms with Gasteiger partial charge in [0.05, 0.1) is 7.11 Å². The number of benzene rings is 3. The molecule has 3 aromatic carbocycles. The van der Waals surface area contributed by atoms with Crippen molar-refractivity contribution in [3.05, 3.63) is 95.2 Å². The summed E-state index contributed by atoms with van der Waals surface area (Å²) in [5, 5.41) is 8.32. The number of ketones is 1. The molecule has 0 bridgehead atoms. The van der Waals surface area contributed by atoms with Gasteiger partial charge in [-0.1, -0.05) is 36.4 Å². The van der Waals surface area contributed by atoms with Gasteiger partial charge in [-0.2, -0.15) is 4.98 Å². The Kier molecular flexibility index (Phi) is 6.52. The Morgan fingerprint density at radius 1 is 1.00 bits per heavy atom. The molecule has 1 aliphatic carbocycles. The van der Waals surface area contributed by atoms with E-state index in [0.29, 0.717) is 36.3 Å². The van der Waals surface area contributed by atoms with Crippen molar-refractivity contribution in [2.24, 2.45) is 0 Å². The Labute approximate surface area is 227 Å². The van der Waals surface area contributed by atoms with Crippen LogP contribution in [0, 0.1) is 0 Å². The third-order valence-corrected chi connectivity index (χ3v) is 7.25. The van der Waals surface area contributed by atoms with Gasteiger partial charge in [-0.05, 0) is 60.4 Å². The Morgan fingerprint density at radius 2 is 1.79 bits per heavy atom. The summed E-state index contributed by atoms with van der Waals surface area (Å²) >= 11 is 0. The number of nitrogens with zero attached hydrogens (tertiary/aromatic N) is 4. The van der Waals surface area contributed by atoms with Crippen molar-refractivity contribution in [1.82, 2.24) is 14.8 Å². The van der Waals surface area contributed by atoms with Crippen LogP contribution in [0.1, 0.15) is 36.4 Å². The van der Waals surface area contributed by atoms with Crippen LogP contribution in [0.15, 0.2) is 84.1 Å². The summed E-state index contributed by atoms with van der Waals surface area (Å²) in [6.45, 7) is 0.431. The minimum Gasteiger partial charge on any atom is -0.493 e. The largest absolute Gasteiger partial charge is 0.493 e. The van der Waals surface area contributed by atoms with Gasteiger partial charge in [-0.3, -0.25) is 4.79 Å². The molecule has 0 fully saturated rings. The number of hydrogen-bond acceptors (Lipinski definition) is 7. The predicted molar refractivity (Wildman–Crippen MR) is 151 cm³/mol. The van der Waals surface area contributed by atoms with Gasteiger partial charge in [-0.15, -0.1) is 5.10 Å². The van der Waals surface area contributed by atoms with E-state index in [0.717, 1.165) is 46.5 Å². The van der Waals surface area contributed by atoms with Crippen LogP contribution in [0.2, 0.25) is 0 Å². The van der Waals surface area contributed by atoms with Crippen molar-refractivity contribution in [3.63, 3.8) is 0 Å². The number of carbonyl (C=O) groups excluding carboxylic acids is 1. The quantitative estimate of drug-likeness (QED) is 0.338. The second-order valence-electron chi connectivity index (χ2n) is 10.0. The first kappa shape index (κ1) is 24.7. The fourth-order valence-electron chi connectivity index (χ4n) is 5.20. The van der Waals surface area contributed by atoms with Crippen LogP contribution in [-0.4, -0.2) is 41.8 Å². The number of ether oxygens (including phenoxy) is 2. The normalized spacial score (nSPS) is 16.3. The summed E-state index contributed by atoms with van der Waals surface area (Å²) in [6.07, 6.45) is 2.14. The van der Waals surface area contributed by atoms with Crippen LogP contribution in [-0.2, 0) is 11.4 Å². The minimum atomic E-state index is -0.413. The van der Waals surface area contributed by atoms with Crippen LogP contribution in [0.25, 0.3) is 11.4 Å². The van der Waals surface area contributed by atoms with E-state index in [-0.39, 0.29) is 5.78 Å². The van der Waals surface area contributed by atoms with E-state index in [1.165, 1.54) is 0 Å². The zero-order chi connectivity index (χ0) is 26.9. The molecule has 0 spiro atoms. The van der Waals surface area contributed by atoms with Crippen molar-refractivity contribution in [3.8, 4) is 22.9 Å². The van der Waals surface area contributed by atoms with E-state index >= 15 is 0 Å². The van der Waals surface area contributed by atoms with Crippen LogP contribution in [0.4, 0.5) is 11.6 Å². The lowest BCUT2D eigenvalue weighted by Crippen LogP contribution is -2.31. The number of methoxy groups -OCH3 is 1. The third-order valence-electron chi connectivity index (χ3n) is 7.25. The second kappa shape index (κ2) is 10.3. The van der Waals surface area contributed by atoms with E-state index in [1.807, 2.05) is 91.6 Å². The maximum atomic E-state index is 13.3. The predicted octanol–water partition coefficient (Wildman–Crippen LogP) is 5.62. The number of carbonyl (C=O) groups is 1. The van der Waals surface area contributed by atoms with Gasteiger partial charge in [0.1, 0.15) is 12.6 Å². The van der Waals surface area contributed by atoms with Gasteiger partial charge in [0, 0.05) is 43.0 Å². The highest BCUT2D eigenvalue weighted by Gasteiger charge is 2.37. The summed E-state index contributed by atoms with van der Waals surface area (Å²) in [5.41, 5.74) is 5.65. The maximum absolute atomic E-state index is 13.3. The van der Waals surface area contributed by atoms with Gasteiger partial charge < -0.3 is 19.7 Å². The summed E-state index contributed by atoms with van der Waals surface area (Å²) in [6, 6.07) is 23.6. The number of anilines is 2. The number of Topliss-reactive ketones (excluding diaryl/α,β-unsaturated/α-hetero) is 1. The zero-order valence-electron chi connectivity index (χ0n) is 22.3. The summed E-state index contributed by atoms with van der Waals surface area (Å²) in [5.74, 6) is 2.62. The molecule has 8 heteroatoms. The van der Waals surface area contributed by atoms with Crippen molar-refractivity contribution in [1.29, 1.82) is 0 Å². The fourth-order valence-corrected chi connectivity index (χ4v) is 5.20. The van der Waals surface area contributed by atoms with Gasteiger partial charge in [0.15, 0.2) is 23.1 Å². The first-order chi connectivity index (χ1) is 19.0. The number of aromatic nitrogens is 3. The Morgan fingerprint density at radius 3 is 2.54 bits per heavy atom. The van der Waals surface area contributed by atoms with E-state index in [9.17, 15) is 4.79 Å². The van der Waals surface area contributed by atoms with Gasteiger partial charge in [0.2, 0.25) is 5.95 Å². The van der Waals surface area contributed by atoms with Gasteiger partial charge >= 0.3 is 0 Å². The Hall–Kier alpha value is -4.59. The molecule has 1 aliphatic heterocycles. The molecule has 8 nitrogen and oxygen atoms in total. The third kappa shape index (κ3) is 4.74. The number of fused-ring (bicyclic) bond motifs is 1. The lowest BCUT2D eigenvalue weighted by Gasteiger charge is -2.32. The lowest BCUT2D eigenvalue weighted by atomic mass is 9.85. The minimum absolute atomic E-state index is 0.134. The average Bonchev–Trinajstić information content (AvgIpc) is 3.39. The van der Waals surface area contributed by atoms with Crippen molar-refractivity contribution in [2.75, 3.05) is 31.4 Å². The standard InChI is InChI=1S/C31H31N5O3/c1-35(2)23-15-12-21(13-16-23)30-33-31-32-24-10-7-11-25(37)28(24)29(36(31)34-30)22-14-17-26(27(18-22)38-3)39-19-20-8-5-4-6-9-20/h4-6,8-9,12-18,29H,7,10-11,19H2,1-3H3,(H,32,33,34). The monoisotopic (exact) mass is 521 g/mol. The molecular weight excluding hydrogens is 490 g/mol. The van der Waals surface area contributed by atoms with Crippen molar-refractivity contribution < 1.29 is 14.3 Å². The zero-order valence-corrected chi connectivity index (χ0v) is 22.3. The first-order valence-corrected chi connectivity index (χ1v) is 13.1. The number of nitrogens with one attached hydrogen (secondary N) is 1. The molecule has 1 atom stereocenters. The molecule has 1 unspecified atom stereocenters. The molecule has 6 rings (SSSR count). The molecule has 1 aromatic heterocycles. The van der Waals surface area contributed by atoms with Crippen LogP contribution >= 0.6 is 0 Å². The Balaban J connectivity index is 1.38. The number of hydrogen-bond donors (Lipinski definition) is 1. The highest BCUT2D eigenvalue weighted by Crippen LogP contribution is 2.42. The summed E-state index contributed by atoms with van der Waals surface area (Å²) in [4.78, 5) is 20.1. The van der Waals surface area contributed by atoms with Crippen molar-refractivity contribution in [2.45, 2.75) is 31.9 Å². The van der Waals surface area contributed by atoms with E-state index in [1.54, 1.807) is 7.11 Å². The summed E-state index contributed by atoms with van der Waals surface area (Å²) < 4.78 is 13.6. The molecule has 0 amide bonds. The maximum Gasteiger partial charge on any atom is 0.226 e. The van der Waals surface area contributed by atoms with Gasteiger partial charge in [-0.25, -0.2) is 4.68 Å². The SMILES string of the molecule is COc1cc(C2C3=C(CCCC3=O)Nc3nc(-c4ccc(N(C)C)cc4)nn32)ccc1OCc1ccccc1. The fraction of sp³-hybridized carbons (Fsp3) is 0.258. The number of rotatable bonds is 7. The first-order valence-electron chi connectivity index (χ1n) is 13.1. The van der Waals surface area contributed by atoms with Gasteiger partial charge in [0.25, 0.3) is 0 Å². The molecule has 0 saturated heterocycles. The highest BCUT2D eigenvalue weighted by atomic mass is 16.5. The summed E-state index contributed by atoms with van der Waals surface area (Å²) in [7, 11) is 5.65. The van der Waals surface area contributed by atoms with Crippen LogP contribution < -0.4 is 19.7 Å². The van der Waals surface area contributed by atoms with Crippen LogP contribution in [0.3, 0.4) is 0 Å². The molecule has 2 heterocycles. The molecule has 4 aromatic rings. The molecule has 198 valence electrons. The Bertz CT molecular complexity index is 1540. The second-order valence-corrected chi connectivity index (χ2v) is 10.0. The van der Waals surface area contributed by atoms with E-state index in [4.69, 9.17) is 19.6 Å². The average molecular weight is 522 g/mol. The molecule has 0 saturated carbocycles. The van der Waals surface area contributed by atoms with E-state index < -0.39 is 6.04 Å². The van der Waals surface area contributed by atoms with Crippen LogP contribution in [0.5, 0.6) is 11.5 Å². The lowest BCUT2D eigenvalue weighted by molar-refractivity contribution is -0.116. The smallest absolute Gasteiger partial charge is 0.226 e. The highest BCUT2D eigenvalue weighted by molar-refractivity contribution is 5.99. The topological polar surface area (TPSA) is 81.5 Å². The van der Waals surface area contributed by atoms with E-state index in [2.05, 4.69) is 10.2 Å².